The third-order valence-corrected chi connectivity index (χ3v) is 7.30. The predicted molar refractivity (Wildman–Crippen MR) is 146 cm³/mol. The second-order valence-corrected chi connectivity index (χ2v) is 9.94. The number of nitrogens with one attached hydrogen (secondary N) is 1. The maximum atomic E-state index is 12.8. The van der Waals surface area contributed by atoms with Crippen LogP contribution in [0.25, 0.3) is 11.0 Å². The highest BCUT2D eigenvalue weighted by molar-refractivity contribution is 7.98. The van der Waals surface area contributed by atoms with E-state index in [4.69, 9.17) is 16.6 Å². The van der Waals surface area contributed by atoms with E-state index in [0.29, 0.717) is 12.1 Å². The summed E-state index contributed by atoms with van der Waals surface area (Å²) < 4.78 is 2.18. The van der Waals surface area contributed by atoms with Gasteiger partial charge in [-0.2, -0.15) is 0 Å². The summed E-state index contributed by atoms with van der Waals surface area (Å²) in [6.07, 6.45) is 3.61. The average Bonchev–Trinajstić information content (AvgIpc) is 3.26. The smallest absolute Gasteiger partial charge is 0.251 e. The van der Waals surface area contributed by atoms with Crippen LogP contribution in [-0.4, -0.2) is 20.4 Å². The number of carbonyl (C=O) groups is 1. The van der Waals surface area contributed by atoms with E-state index in [-0.39, 0.29) is 11.9 Å². The first-order chi connectivity index (χ1) is 17.6. The first-order valence-corrected chi connectivity index (χ1v) is 13.1. The van der Waals surface area contributed by atoms with E-state index in [1.54, 1.807) is 18.0 Å². The molecule has 1 N–H and O–H groups in total. The van der Waals surface area contributed by atoms with Gasteiger partial charge in [-0.15, -0.1) is 0 Å². The van der Waals surface area contributed by atoms with Gasteiger partial charge < -0.3 is 9.88 Å². The molecule has 0 aliphatic rings. The van der Waals surface area contributed by atoms with Crippen LogP contribution in [-0.2, 0) is 12.3 Å². The fourth-order valence-corrected chi connectivity index (χ4v) is 5.08. The highest BCUT2D eigenvalue weighted by atomic mass is 35.5. The molecule has 0 saturated heterocycles. The Kier molecular flexibility index (Phi) is 7.35. The maximum Gasteiger partial charge on any atom is 0.251 e. The molecule has 0 spiro atoms. The number of pyridine rings is 1. The van der Waals surface area contributed by atoms with Crippen LogP contribution < -0.4 is 5.32 Å². The fourth-order valence-electron chi connectivity index (χ4n) is 3.99. The van der Waals surface area contributed by atoms with E-state index in [1.807, 2.05) is 98.0 Å². The van der Waals surface area contributed by atoms with Crippen molar-refractivity contribution in [2.75, 3.05) is 0 Å². The molecule has 2 heterocycles. The molecule has 0 radical (unpaired) electrons. The van der Waals surface area contributed by atoms with Crippen molar-refractivity contribution in [3.8, 4) is 0 Å². The molecule has 0 aliphatic carbocycles. The number of imidazole rings is 1. The minimum absolute atomic E-state index is 0.0663. The molecule has 0 unspecified atom stereocenters. The van der Waals surface area contributed by atoms with Crippen molar-refractivity contribution < 1.29 is 4.79 Å². The maximum absolute atomic E-state index is 12.8. The molecule has 2 aromatic heterocycles. The Morgan fingerprint density at radius 3 is 2.44 bits per heavy atom. The molecule has 5 aromatic rings. The van der Waals surface area contributed by atoms with E-state index >= 15 is 0 Å². The van der Waals surface area contributed by atoms with Gasteiger partial charge in [0.1, 0.15) is 0 Å². The molecule has 1 atom stereocenters. The second kappa shape index (κ2) is 11.0. The number of halogens is 1. The van der Waals surface area contributed by atoms with Crippen LogP contribution in [0.15, 0.2) is 102 Å². The molecule has 0 fully saturated rings. The minimum Gasteiger partial charge on any atom is -0.346 e. The van der Waals surface area contributed by atoms with Gasteiger partial charge in [-0.25, -0.2) is 4.98 Å². The minimum atomic E-state index is -0.0885. The molecule has 3 aromatic carbocycles. The second-order valence-electron chi connectivity index (χ2n) is 8.56. The summed E-state index contributed by atoms with van der Waals surface area (Å²) in [5, 5.41) is 4.73. The zero-order valence-corrected chi connectivity index (χ0v) is 21.3. The van der Waals surface area contributed by atoms with Crippen molar-refractivity contribution >= 4 is 40.3 Å². The van der Waals surface area contributed by atoms with E-state index in [0.717, 1.165) is 38.1 Å². The molecule has 180 valence electrons. The van der Waals surface area contributed by atoms with Crippen LogP contribution in [0.1, 0.15) is 40.0 Å². The number of benzene rings is 3. The molecule has 0 saturated carbocycles. The van der Waals surface area contributed by atoms with Gasteiger partial charge in [0.15, 0.2) is 5.16 Å². The standard InChI is InChI=1S/C29H25ClN4OS/c1-20(23-5-3-2-4-6-23)32-28(35)24-11-7-21(8-12-24)18-34-27-17-31-16-15-26(27)33-29(34)36-19-22-9-13-25(30)14-10-22/h2-17,20H,18-19H2,1H3,(H,32,35)/t20-/m1/s1. The van der Waals surface area contributed by atoms with E-state index in [9.17, 15) is 4.79 Å². The van der Waals surface area contributed by atoms with Crippen LogP contribution in [0.5, 0.6) is 0 Å². The predicted octanol–water partition coefficient (Wildman–Crippen LogP) is 6.92. The lowest BCUT2D eigenvalue weighted by Crippen LogP contribution is -2.26. The van der Waals surface area contributed by atoms with Gasteiger partial charge in [0.25, 0.3) is 5.91 Å². The number of amides is 1. The molecule has 1 amide bonds. The Hall–Kier alpha value is -3.61. The highest BCUT2D eigenvalue weighted by Gasteiger charge is 2.14. The first-order valence-electron chi connectivity index (χ1n) is 11.7. The molecule has 7 heteroatoms. The number of hydrogen-bond acceptors (Lipinski definition) is 4. The summed E-state index contributed by atoms with van der Waals surface area (Å²) in [7, 11) is 0. The first kappa shape index (κ1) is 24.1. The number of fused-ring (bicyclic) bond motifs is 1. The lowest BCUT2D eigenvalue weighted by Gasteiger charge is -2.14. The summed E-state index contributed by atoms with van der Waals surface area (Å²) in [4.78, 5) is 21.9. The van der Waals surface area contributed by atoms with Crippen LogP contribution in [0.4, 0.5) is 0 Å². The molecule has 5 rings (SSSR count). The number of aromatic nitrogens is 3. The Bertz CT molecular complexity index is 1470. The van der Waals surface area contributed by atoms with E-state index < -0.39 is 0 Å². The van der Waals surface area contributed by atoms with Crippen LogP contribution in [0, 0.1) is 0 Å². The van der Waals surface area contributed by atoms with E-state index in [2.05, 4.69) is 14.9 Å². The zero-order valence-electron chi connectivity index (χ0n) is 19.8. The number of thioether (sulfide) groups is 1. The fraction of sp³-hybridized carbons (Fsp3) is 0.138. The molecule has 5 nitrogen and oxygen atoms in total. The van der Waals surface area contributed by atoms with Gasteiger partial charge in [-0.3, -0.25) is 9.78 Å². The lowest BCUT2D eigenvalue weighted by atomic mass is 10.1. The summed E-state index contributed by atoms with van der Waals surface area (Å²) in [5.41, 5.74) is 5.87. The van der Waals surface area contributed by atoms with Gasteiger partial charge in [-0.1, -0.05) is 78.0 Å². The lowest BCUT2D eigenvalue weighted by molar-refractivity contribution is 0.0940. The summed E-state index contributed by atoms with van der Waals surface area (Å²) in [5.74, 6) is 0.696. The normalized spacial score (nSPS) is 11.9. The molecular formula is C29H25ClN4OS. The number of nitrogens with zero attached hydrogens (tertiary/aromatic N) is 3. The molecule has 0 aliphatic heterocycles. The van der Waals surface area contributed by atoms with E-state index in [1.165, 1.54) is 5.56 Å². The molecular weight excluding hydrogens is 488 g/mol. The molecule has 0 bridgehead atoms. The van der Waals surface area contributed by atoms with Gasteiger partial charge in [-0.05, 0) is 53.9 Å². The van der Waals surface area contributed by atoms with Crippen LogP contribution >= 0.6 is 23.4 Å². The summed E-state index contributed by atoms with van der Waals surface area (Å²) in [6, 6.07) is 27.4. The average molecular weight is 513 g/mol. The zero-order chi connectivity index (χ0) is 24.9. The Balaban J connectivity index is 1.31. The van der Waals surface area contributed by atoms with Crippen molar-refractivity contribution in [3.63, 3.8) is 0 Å². The quantitative estimate of drug-likeness (QED) is 0.229. The van der Waals surface area contributed by atoms with Crippen molar-refractivity contribution in [3.05, 3.63) is 125 Å². The Morgan fingerprint density at radius 1 is 0.972 bits per heavy atom. The van der Waals surface area contributed by atoms with Crippen molar-refractivity contribution in [1.29, 1.82) is 0 Å². The van der Waals surface area contributed by atoms with Crippen LogP contribution in [0.3, 0.4) is 0 Å². The van der Waals surface area contributed by atoms with Gasteiger partial charge in [0, 0.05) is 22.5 Å². The monoisotopic (exact) mass is 512 g/mol. The number of carbonyl (C=O) groups excluding carboxylic acids is 1. The SMILES string of the molecule is C[C@@H](NC(=O)c1ccc(Cn2c(SCc3ccc(Cl)cc3)nc3ccncc32)cc1)c1ccccc1. The van der Waals surface area contributed by atoms with Gasteiger partial charge >= 0.3 is 0 Å². The summed E-state index contributed by atoms with van der Waals surface area (Å²) in [6.45, 7) is 2.62. The van der Waals surface area contributed by atoms with Crippen molar-refractivity contribution in [1.82, 2.24) is 19.9 Å². The summed E-state index contributed by atoms with van der Waals surface area (Å²) >= 11 is 7.71. The topological polar surface area (TPSA) is 59.8 Å². The third kappa shape index (κ3) is 5.61. The Morgan fingerprint density at radius 2 is 1.69 bits per heavy atom. The largest absolute Gasteiger partial charge is 0.346 e. The van der Waals surface area contributed by atoms with Gasteiger partial charge in [0.05, 0.1) is 29.8 Å². The number of rotatable bonds is 8. The highest BCUT2D eigenvalue weighted by Crippen LogP contribution is 2.28. The van der Waals surface area contributed by atoms with Crippen molar-refractivity contribution in [2.45, 2.75) is 30.4 Å². The van der Waals surface area contributed by atoms with Crippen molar-refractivity contribution in [2.24, 2.45) is 0 Å². The Labute approximate surface area is 219 Å². The molecule has 36 heavy (non-hydrogen) atoms. The van der Waals surface area contributed by atoms with Gasteiger partial charge in [0.2, 0.25) is 0 Å². The number of hydrogen-bond donors (Lipinski definition) is 1. The van der Waals surface area contributed by atoms with Crippen LogP contribution in [0.2, 0.25) is 5.02 Å². The third-order valence-electron chi connectivity index (χ3n) is 6.00.